The SMILES string of the molecule is CC(=O)N1CCN(C(=O)c2cncc(C(=O)Nc3ccc(F)c(F)c3)c2)CC1. The summed E-state index contributed by atoms with van der Waals surface area (Å²) in [6, 6.07) is 4.39. The van der Waals surface area contributed by atoms with Crippen molar-refractivity contribution in [1.82, 2.24) is 14.8 Å². The Labute approximate surface area is 160 Å². The van der Waals surface area contributed by atoms with E-state index in [-0.39, 0.29) is 28.6 Å². The minimum Gasteiger partial charge on any atom is -0.339 e. The number of pyridine rings is 1. The van der Waals surface area contributed by atoms with Gasteiger partial charge >= 0.3 is 0 Å². The highest BCUT2D eigenvalue weighted by Gasteiger charge is 2.24. The number of aromatic nitrogens is 1. The van der Waals surface area contributed by atoms with Crippen LogP contribution in [0.1, 0.15) is 27.6 Å². The first kappa shape index (κ1) is 19.4. The zero-order valence-corrected chi connectivity index (χ0v) is 15.1. The molecule has 1 aromatic carbocycles. The van der Waals surface area contributed by atoms with Crippen LogP contribution in [0.5, 0.6) is 0 Å². The van der Waals surface area contributed by atoms with Crippen molar-refractivity contribution >= 4 is 23.4 Å². The van der Waals surface area contributed by atoms with E-state index >= 15 is 0 Å². The van der Waals surface area contributed by atoms with E-state index < -0.39 is 17.5 Å². The number of anilines is 1. The molecule has 146 valence electrons. The number of nitrogens with one attached hydrogen (secondary N) is 1. The zero-order valence-electron chi connectivity index (χ0n) is 15.1. The number of halogens is 2. The Morgan fingerprint density at radius 3 is 2.21 bits per heavy atom. The fraction of sp³-hybridized carbons (Fsp3) is 0.263. The molecule has 9 heteroatoms. The Morgan fingerprint density at radius 2 is 1.57 bits per heavy atom. The third-order valence-corrected chi connectivity index (χ3v) is 4.44. The van der Waals surface area contributed by atoms with Gasteiger partial charge in [0.15, 0.2) is 11.6 Å². The topological polar surface area (TPSA) is 82.6 Å². The van der Waals surface area contributed by atoms with E-state index in [0.717, 1.165) is 12.1 Å². The number of amides is 3. The van der Waals surface area contributed by atoms with Gasteiger partial charge in [-0.2, -0.15) is 0 Å². The van der Waals surface area contributed by atoms with E-state index in [2.05, 4.69) is 10.3 Å². The van der Waals surface area contributed by atoms with Crippen molar-refractivity contribution < 1.29 is 23.2 Å². The standard InChI is InChI=1S/C19H18F2N4O3/c1-12(26)24-4-6-25(7-5-24)19(28)14-8-13(10-22-11-14)18(27)23-15-2-3-16(20)17(21)9-15/h2-3,8-11H,4-7H2,1H3,(H,23,27). The summed E-state index contributed by atoms with van der Waals surface area (Å²) in [7, 11) is 0. The number of carbonyl (C=O) groups is 3. The van der Waals surface area contributed by atoms with Gasteiger partial charge in [0.25, 0.3) is 11.8 Å². The van der Waals surface area contributed by atoms with Gasteiger partial charge in [-0.3, -0.25) is 19.4 Å². The lowest BCUT2D eigenvalue weighted by atomic mass is 10.1. The average molecular weight is 388 g/mol. The number of hydrogen-bond acceptors (Lipinski definition) is 4. The number of benzene rings is 1. The molecular formula is C19H18F2N4O3. The lowest BCUT2D eigenvalue weighted by Crippen LogP contribution is -2.50. The molecule has 0 saturated carbocycles. The molecule has 2 heterocycles. The fourth-order valence-electron chi connectivity index (χ4n) is 2.87. The van der Waals surface area contributed by atoms with Crippen LogP contribution in [0.3, 0.4) is 0 Å². The summed E-state index contributed by atoms with van der Waals surface area (Å²) in [6.45, 7) is 3.17. The molecule has 28 heavy (non-hydrogen) atoms. The molecule has 2 aromatic rings. The Bertz CT molecular complexity index is 927. The van der Waals surface area contributed by atoms with Crippen LogP contribution in [0.2, 0.25) is 0 Å². The van der Waals surface area contributed by atoms with Crippen molar-refractivity contribution in [2.75, 3.05) is 31.5 Å². The Morgan fingerprint density at radius 1 is 0.929 bits per heavy atom. The summed E-state index contributed by atoms with van der Waals surface area (Å²) >= 11 is 0. The number of carbonyl (C=O) groups excluding carboxylic acids is 3. The van der Waals surface area contributed by atoms with Crippen LogP contribution < -0.4 is 5.32 Å². The maximum atomic E-state index is 13.3. The fourth-order valence-corrected chi connectivity index (χ4v) is 2.87. The summed E-state index contributed by atoms with van der Waals surface area (Å²) in [5.74, 6) is -3.03. The van der Waals surface area contributed by atoms with Crippen molar-refractivity contribution in [3.63, 3.8) is 0 Å². The van der Waals surface area contributed by atoms with Gasteiger partial charge in [-0.15, -0.1) is 0 Å². The van der Waals surface area contributed by atoms with Gasteiger partial charge in [-0.25, -0.2) is 8.78 Å². The predicted molar refractivity (Wildman–Crippen MR) is 96.7 cm³/mol. The van der Waals surface area contributed by atoms with Crippen LogP contribution in [-0.4, -0.2) is 58.7 Å². The van der Waals surface area contributed by atoms with E-state index in [9.17, 15) is 23.2 Å². The van der Waals surface area contributed by atoms with Gasteiger partial charge in [0.1, 0.15) is 0 Å². The van der Waals surface area contributed by atoms with Crippen LogP contribution in [0.15, 0.2) is 36.7 Å². The lowest BCUT2D eigenvalue weighted by molar-refractivity contribution is -0.130. The molecule has 3 rings (SSSR count). The van der Waals surface area contributed by atoms with Crippen LogP contribution in [0, 0.1) is 11.6 Å². The average Bonchev–Trinajstić information content (AvgIpc) is 2.70. The molecule has 1 aliphatic heterocycles. The van der Waals surface area contributed by atoms with Crippen LogP contribution in [0.4, 0.5) is 14.5 Å². The maximum absolute atomic E-state index is 13.3. The first-order valence-electron chi connectivity index (χ1n) is 8.61. The minimum atomic E-state index is -1.08. The molecule has 1 fully saturated rings. The van der Waals surface area contributed by atoms with Gasteiger partial charge < -0.3 is 15.1 Å². The molecule has 0 aliphatic carbocycles. The second-order valence-corrected chi connectivity index (χ2v) is 6.34. The second kappa shape index (κ2) is 8.12. The molecule has 1 N–H and O–H groups in total. The highest BCUT2D eigenvalue weighted by molar-refractivity contribution is 6.05. The van der Waals surface area contributed by atoms with E-state index in [1.54, 1.807) is 9.80 Å². The number of nitrogens with zero attached hydrogens (tertiary/aromatic N) is 3. The van der Waals surface area contributed by atoms with Gasteiger partial charge in [-0.1, -0.05) is 0 Å². The summed E-state index contributed by atoms with van der Waals surface area (Å²) in [5, 5.41) is 2.44. The maximum Gasteiger partial charge on any atom is 0.257 e. The lowest BCUT2D eigenvalue weighted by Gasteiger charge is -2.34. The molecule has 1 aliphatic rings. The van der Waals surface area contributed by atoms with Gasteiger partial charge in [0, 0.05) is 57.3 Å². The zero-order chi connectivity index (χ0) is 20.3. The van der Waals surface area contributed by atoms with Crippen LogP contribution in [0.25, 0.3) is 0 Å². The quantitative estimate of drug-likeness (QED) is 0.871. The van der Waals surface area contributed by atoms with Gasteiger partial charge in [-0.05, 0) is 18.2 Å². The van der Waals surface area contributed by atoms with Crippen molar-refractivity contribution in [3.05, 3.63) is 59.4 Å². The van der Waals surface area contributed by atoms with Gasteiger partial charge in [0.2, 0.25) is 5.91 Å². The summed E-state index contributed by atoms with van der Waals surface area (Å²) in [5.41, 5.74) is 0.424. The summed E-state index contributed by atoms with van der Waals surface area (Å²) < 4.78 is 26.3. The monoisotopic (exact) mass is 388 g/mol. The Kier molecular flexibility index (Phi) is 5.62. The first-order chi connectivity index (χ1) is 13.3. The molecule has 3 amide bonds. The van der Waals surface area contributed by atoms with Crippen LogP contribution >= 0.6 is 0 Å². The molecular weight excluding hydrogens is 370 g/mol. The second-order valence-electron chi connectivity index (χ2n) is 6.34. The highest BCUT2D eigenvalue weighted by atomic mass is 19.2. The smallest absolute Gasteiger partial charge is 0.257 e. The molecule has 0 unspecified atom stereocenters. The van der Waals surface area contributed by atoms with E-state index in [1.807, 2.05) is 0 Å². The summed E-state index contributed by atoms with van der Waals surface area (Å²) in [4.78, 5) is 43.6. The van der Waals surface area contributed by atoms with Crippen molar-refractivity contribution in [2.45, 2.75) is 6.92 Å². The predicted octanol–water partition coefficient (Wildman–Crippen LogP) is 1.92. The summed E-state index contributed by atoms with van der Waals surface area (Å²) in [6.07, 6.45) is 2.63. The van der Waals surface area contributed by atoms with Crippen molar-refractivity contribution in [3.8, 4) is 0 Å². The first-order valence-corrected chi connectivity index (χ1v) is 8.61. The molecule has 0 atom stereocenters. The van der Waals surface area contributed by atoms with Crippen molar-refractivity contribution in [2.24, 2.45) is 0 Å². The molecule has 0 radical (unpaired) electrons. The molecule has 1 saturated heterocycles. The minimum absolute atomic E-state index is 0.0373. The van der Waals surface area contributed by atoms with E-state index in [4.69, 9.17) is 0 Å². The Balaban J connectivity index is 1.69. The van der Waals surface area contributed by atoms with Gasteiger partial charge in [0.05, 0.1) is 11.1 Å². The van der Waals surface area contributed by atoms with Crippen molar-refractivity contribution in [1.29, 1.82) is 0 Å². The molecule has 1 aromatic heterocycles. The normalized spacial score (nSPS) is 14.0. The number of hydrogen-bond donors (Lipinski definition) is 1. The Hall–Kier alpha value is -3.36. The largest absolute Gasteiger partial charge is 0.339 e. The number of rotatable bonds is 3. The van der Waals surface area contributed by atoms with Crippen LogP contribution in [-0.2, 0) is 4.79 Å². The van der Waals surface area contributed by atoms with E-state index in [1.165, 1.54) is 31.5 Å². The molecule has 7 nitrogen and oxygen atoms in total. The highest BCUT2D eigenvalue weighted by Crippen LogP contribution is 2.15. The number of piperazine rings is 1. The third-order valence-electron chi connectivity index (χ3n) is 4.44. The third kappa shape index (κ3) is 4.30. The molecule has 0 spiro atoms. The molecule has 0 bridgehead atoms. The van der Waals surface area contributed by atoms with E-state index in [0.29, 0.717) is 26.2 Å².